The molecule has 13 heteroatoms. The minimum Gasteiger partial charge on any atom is -0.480 e. The van der Waals surface area contributed by atoms with E-state index in [-0.39, 0.29) is 35.3 Å². The Morgan fingerprint density at radius 3 is 2.53 bits per heavy atom. The van der Waals surface area contributed by atoms with Crippen LogP contribution in [-0.4, -0.2) is 53.2 Å². The lowest BCUT2D eigenvalue weighted by molar-refractivity contribution is -0.142. The summed E-state index contributed by atoms with van der Waals surface area (Å²) < 4.78 is 45.7. The highest BCUT2D eigenvalue weighted by Gasteiger charge is 2.39. The van der Waals surface area contributed by atoms with Gasteiger partial charge in [0.2, 0.25) is 0 Å². The number of nitrogens with two attached hydrogens (primary N) is 2. The molecule has 1 aromatic heterocycles. The van der Waals surface area contributed by atoms with Crippen LogP contribution in [0.15, 0.2) is 53.3 Å². The molecule has 1 saturated heterocycles. The number of aromatic nitrogens is 1. The van der Waals surface area contributed by atoms with Crippen LogP contribution in [0.5, 0.6) is 0 Å². The summed E-state index contributed by atoms with van der Waals surface area (Å²) in [6.45, 7) is -0.487. The molecule has 2 aromatic carbocycles. The van der Waals surface area contributed by atoms with Crippen molar-refractivity contribution in [3.63, 3.8) is 0 Å². The van der Waals surface area contributed by atoms with Gasteiger partial charge in [-0.1, -0.05) is 24.3 Å². The first-order valence-corrected chi connectivity index (χ1v) is 11.4. The van der Waals surface area contributed by atoms with Gasteiger partial charge in [-0.2, -0.15) is 13.2 Å². The Kier molecular flexibility index (Phi) is 7.24. The van der Waals surface area contributed by atoms with Crippen LogP contribution >= 0.6 is 0 Å². The average molecular weight is 532 g/mol. The van der Waals surface area contributed by atoms with Crippen LogP contribution in [0.2, 0.25) is 0 Å². The van der Waals surface area contributed by atoms with Gasteiger partial charge in [-0.05, 0) is 36.1 Å². The minimum atomic E-state index is -4.62. The summed E-state index contributed by atoms with van der Waals surface area (Å²) in [6.07, 6.45) is -6.45. The number of hydrogen-bond donors (Lipinski definition) is 4. The SMILES string of the molecule is NCC(=O)C(CC1CN(c2ccc3cc(-c4ccccc4C(F)(F)F)[nH]c(=O)c3c2)C(=O)O1)[C@H](N)C(=O)O. The normalized spacial score (nSPS) is 17.3. The summed E-state index contributed by atoms with van der Waals surface area (Å²) in [4.78, 5) is 52.5. The Morgan fingerprint density at radius 1 is 1.16 bits per heavy atom. The van der Waals surface area contributed by atoms with Gasteiger partial charge in [-0.25, -0.2) is 4.79 Å². The van der Waals surface area contributed by atoms with Crippen LogP contribution in [0.25, 0.3) is 22.0 Å². The van der Waals surface area contributed by atoms with Gasteiger partial charge in [0, 0.05) is 28.2 Å². The van der Waals surface area contributed by atoms with E-state index in [1.807, 2.05) is 0 Å². The van der Waals surface area contributed by atoms with Gasteiger partial charge in [0.15, 0.2) is 5.78 Å². The number of ether oxygens (including phenoxy) is 1. The highest BCUT2D eigenvalue weighted by molar-refractivity contribution is 5.95. The number of pyridine rings is 1. The van der Waals surface area contributed by atoms with E-state index < -0.39 is 59.8 Å². The fourth-order valence-corrected chi connectivity index (χ4v) is 4.47. The van der Waals surface area contributed by atoms with E-state index in [2.05, 4.69) is 4.98 Å². The zero-order chi connectivity index (χ0) is 27.8. The number of hydrogen-bond acceptors (Lipinski definition) is 7. The highest BCUT2D eigenvalue weighted by Crippen LogP contribution is 2.37. The molecular weight excluding hydrogens is 509 g/mol. The van der Waals surface area contributed by atoms with E-state index in [9.17, 15) is 37.5 Å². The smallest absolute Gasteiger partial charge is 0.417 e. The van der Waals surface area contributed by atoms with Gasteiger partial charge in [-0.3, -0.25) is 19.3 Å². The molecule has 10 nitrogen and oxygen atoms in total. The largest absolute Gasteiger partial charge is 0.480 e. The Hall–Kier alpha value is -4.23. The molecule has 3 aromatic rings. The van der Waals surface area contributed by atoms with Gasteiger partial charge in [0.25, 0.3) is 5.56 Å². The number of fused-ring (bicyclic) bond motifs is 1. The van der Waals surface area contributed by atoms with Crippen LogP contribution in [0, 0.1) is 5.92 Å². The van der Waals surface area contributed by atoms with Crippen molar-refractivity contribution in [3.05, 3.63) is 64.4 Å². The van der Waals surface area contributed by atoms with Crippen LogP contribution in [0.4, 0.5) is 23.7 Å². The van der Waals surface area contributed by atoms with Crippen molar-refractivity contribution < 1.29 is 37.4 Å². The summed E-state index contributed by atoms with van der Waals surface area (Å²) in [5.74, 6) is -3.16. The maximum Gasteiger partial charge on any atom is 0.417 e. The molecule has 200 valence electrons. The molecule has 1 fully saturated rings. The molecule has 1 amide bonds. The topological polar surface area (TPSA) is 169 Å². The Balaban J connectivity index is 1.62. The number of anilines is 1. The van der Waals surface area contributed by atoms with E-state index in [0.717, 1.165) is 6.07 Å². The molecule has 38 heavy (non-hydrogen) atoms. The fourth-order valence-electron chi connectivity index (χ4n) is 4.47. The third-order valence-corrected chi connectivity index (χ3v) is 6.39. The second-order valence-electron chi connectivity index (χ2n) is 8.82. The number of nitrogens with one attached hydrogen (secondary N) is 1. The van der Waals surface area contributed by atoms with Crippen LogP contribution in [-0.2, 0) is 20.5 Å². The monoisotopic (exact) mass is 532 g/mol. The van der Waals surface area contributed by atoms with E-state index in [1.165, 1.54) is 47.4 Å². The average Bonchev–Trinajstić information content (AvgIpc) is 3.25. The third kappa shape index (κ3) is 5.24. The van der Waals surface area contributed by atoms with E-state index >= 15 is 0 Å². The predicted molar refractivity (Wildman–Crippen MR) is 130 cm³/mol. The number of carbonyl (C=O) groups is 3. The number of benzene rings is 2. The fraction of sp³-hybridized carbons (Fsp3) is 0.280. The van der Waals surface area contributed by atoms with E-state index in [1.54, 1.807) is 0 Å². The number of rotatable bonds is 8. The number of H-pyrrole nitrogens is 1. The van der Waals surface area contributed by atoms with E-state index in [4.69, 9.17) is 16.2 Å². The van der Waals surface area contributed by atoms with Crippen LogP contribution in [0.1, 0.15) is 12.0 Å². The number of carboxylic acids is 1. The summed E-state index contributed by atoms with van der Waals surface area (Å²) >= 11 is 0. The molecule has 0 aliphatic carbocycles. The molecule has 4 rings (SSSR count). The molecule has 0 saturated carbocycles. The number of aromatic amines is 1. The molecule has 3 atom stereocenters. The Bertz CT molecular complexity index is 1470. The van der Waals surface area contributed by atoms with Crippen molar-refractivity contribution in [1.29, 1.82) is 0 Å². The van der Waals surface area contributed by atoms with Gasteiger partial charge < -0.3 is 26.3 Å². The molecule has 2 heterocycles. The van der Waals surface area contributed by atoms with Gasteiger partial charge >= 0.3 is 18.2 Å². The number of aliphatic carboxylic acids is 1. The summed E-state index contributed by atoms with van der Waals surface area (Å²) in [5.41, 5.74) is 9.50. The summed E-state index contributed by atoms with van der Waals surface area (Å²) in [7, 11) is 0. The number of ketones is 1. The molecule has 0 bridgehead atoms. The maximum atomic E-state index is 13.5. The van der Waals surface area contributed by atoms with Gasteiger partial charge in [0.05, 0.1) is 18.7 Å². The third-order valence-electron chi connectivity index (χ3n) is 6.39. The summed E-state index contributed by atoms with van der Waals surface area (Å²) in [5, 5.41) is 9.67. The molecule has 0 radical (unpaired) electrons. The number of Topliss-reactive ketones (excluding diaryl/α,β-unsaturated/α-hetero) is 1. The molecular formula is C25H23F3N4O6. The van der Waals surface area contributed by atoms with Crippen molar-refractivity contribution in [3.8, 4) is 11.3 Å². The van der Waals surface area contributed by atoms with Crippen LogP contribution in [0.3, 0.4) is 0 Å². The molecule has 1 aliphatic heterocycles. The number of nitrogens with zero attached hydrogens (tertiary/aromatic N) is 1. The van der Waals surface area contributed by atoms with Crippen molar-refractivity contribution >= 4 is 34.3 Å². The number of cyclic esters (lactones) is 1. The number of halogens is 3. The molecule has 6 N–H and O–H groups in total. The van der Waals surface area contributed by atoms with Gasteiger partial charge in [0.1, 0.15) is 12.1 Å². The first-order chi connectivity index (χ1) is 17.9. The first kappa shape index (κ1) is 26.8. The quantitative estimate of drug-likeness (QED) is 0.343. The first-order valence-electron chi connectivity index (χ1n) is 11.4. The van der Waals surface area contributed by atoms with E-state index in [0.29, 0.717) is 5.39 Å². The molecule has 0 spiro atoms. The van der Waals surface area contributed by atoms with Crippen molar-refractivity contribution in [2.24, 2.45) is 17.4 Å². The molecule has 1 aliphatic rings. The lowest BCUT2D eigenvalue weighted by atomic mass is 9.89. The second-order valence-corrected chi connectivity index (χ2v) is 8.82. The molecule has 2 unspecified atom stereocenters. The Morgan fingerprint density at radius 2 is 1.87 bits per heavy atom. The standard InChI is InChI=1S/C25H23F3N4O6/c26-25(27,28)18-4-2-1-3-15(18)19-7-12-5-6-13(8-16(12)22(34)31-19)32-11-14(38-24(32)37)9-17(20(33)10-29)21(30)23(35)36/h1-8,14,17,21H,9-11,29-30H2,(H,31,34)(H,35,36)/t14?,17?,21-/m0/s1. The second kappa shape index (κ2) is 10.3. The van der Waals surface area contributed by atoms with Crippen LogP contribution < -0.4 is 21.9 Å². The number of amides is 1. The zero-order valence-electron chi connectivity index (χ0n) is 19.7. The number of alkyl halides is 3. The highest BCUT2D eigenvalue weighted by atomic mass is 19.4. The maximum absolute atomic E-state index is 13.5. The lowest BCUT2D eigenvalue weighted by Gasteiger charge is -2.21. The lowest BCUT2D eigenvalue weighted by Crippen LogP contribution is -2.45. The van der Waals surface area contributed by atoms with Crippen molar-refractivity contribution in [2.45, 2.75) is 24.7 Å². The van der Waals surface area contributed by atoms with Crippen molar-refractivity contribution in [2.75, 3.05) is 18.0 Å². The van der Waals surface area contributed by atoms with Crippen molar-refractivity contribution in [1.82, 2.24) is 4.98 Å². The zero-order valence-corrected chi connectivity index (χ0v) is 19.7. The predicted octanol–water partition coefficient (Wildman–Crippen LogP) is 2.49. The minimum absolute atomic E-state index is 0.0193. The number of carbonyl (C=O) groups excluding carboxylic acids is 2. The number of carboxylic acid groups (broad SMARTS) is 1. The Labute approximate surface area is 213 Å². The summed E-state index contributed by atoms with van der Waals surface area (Å²) in [6, 6.07) is 9.12. The van der Waals surface area contributed by atoms with Gasteiger partial charge in [-0.15, -0.1) is 0 Å².